The smallest absolute Gasteiger partial charge is 0.129 e. The highest BCUT2D eigenvalue weighted by Gasteiger charge is 2.02. The monoisotopic (exact) mass is 205 g/mol. The Kier molecular flexibility index (Phi) is 2.18. The molecule has 1 radical (unpaired) electrons. The lowest BCUT2D eigenvalue weighted by Gasteiger charge is -1.94. The fraction of sp³-hybridized carbons (Fsp3) is 0.400. The Morgan fingerprint density at radius 1 is 1.78 bits per heavy atom. The fourth-order valence-electron chi connectivity index (χ4n) is 0.576. The van der Waals surface area contributed by atoms with Gasteiger partial charge in [0.05, 0.1) is 4.47 Å². The Morgan fingerprint density at radius 2 is 2.44 bits per heavy atom. The summed E-state index contributed by atoms with van der Waals surface area (Å²) in [6.07, 6.45) is 4.81. The van der Waals surface area contributed by atoms with E-state index in [2.05, 4.69) is 27.2 Å². The van der Waals surface area contributed by atoms with Crippen molar-refractivity contribution < 1.29 is 0 Å². The summed E-state index contributed by atoms with van der Waals surface area (Å²) in [6, 6.07) is 0. The molecule has 1 aromatic heterocycles. The molecule has 0 bridgehead atoms. The highest BCUT2D eigenvalue weighted by atomic mass is 79.9. The molecule has 0 aliphatic carbocycles. The molecule has 0 unspecified atom stereocenters. The Hall–Kier alpha value is 0.0400. The van der Waals surface area contributed by atoms with E-state index in [4.69, 9.17) is 0 Å². The van der Waals surface area contributed by atoms with Gasteiger partial charge in [-0.05, 0) is 22.2 Å². The van der Waals surface area contributed by atoms with Crippen LogP contribution in [0.25, 0.3) is 0 Å². The third-order valence-corrected chi connectivity index (χ3v) is 2.64. The van der Waals surface area contributed by atoms with Crippen LogP contribution in [0.4, 0.5) is 0 Å². The van der Waals surface area contributed by atoms with Crippen molar-refractivity contribution in [3.63, 3.8) is 0 Å². The van der Waals surface area contributed by atoms with Crippen molar-refractivity contribution in [3.8, 4) is 0 Å². The highest BCUT2D eigenvalue weighted by Crippen LogP contribution is 2.23. The van der Waals surface area contributed by atoms with Gasteiger partial charge in [0, 0.05) is 7.05 Å². The minimum Gasteiger partial charge on any atom is -0.260 e. The summed E-state index contributed by atoms with van der Waals surface area (Å²) in [7, 11) is 1.90. The van der Waals surface area contributed by atoms with Crippen molar-refractivity contribution in [1.82, 2.24) is 9.78 Å². The first-order chi connectivity index (χ1) is 4.25. The van der Waals surface area contributed by atoms with Crippen molar-refractivity contribution in [3.05, 3.63) is 10.7 Å². The quantitative estimate of drug-likeness (QED) is 0.651. The molecule has 1 aromatic rings. The van der Waals surface area contributed by atoms with Crippen LogP contribution in [0.1, 0.15) is 0 Å². The number of nitrogens with zero attached hydrogens (tertiary/aromatic N) is 2. The van der Waals surface area contributed by atoms with Crippen LogP contribution in [-0.4, -0.2) is 16.0 Å². The van der Waals surface area contributed by atoms with Crippen LogP contribution < -0.4 is 0 Å². The van der Waals surface area contributed by atoms with Crippen molar-refractivity contribution in [2.75, 3.05) is 6.26 Å². The van der Waals surface area contributed by atoms with Gasteiger partial charge in [-0.25, -0.2) is 0 Å². The SMILES string of the molecule is CSc1c(Br)[c]nn1C. The predicted molar refractivity (Wildman–Crippen MR) is 41.5 cm³/mol. The molecule has 0 aliphatic rings. The van der Waals surface area contributed by atoms with Gasteiger partial charge in [-0.2, -0.15) is 5.10 Å². The van der Waals surface area contributed by atoms with Gasteiger partial charge in [-0.3, -0.25) is 4.68 Å². The molecule has 0 atom stereocenters. The third-order valence-electron chi connectivity index (χ3n) is 0.973. The van der Waals surface area contributed by atoms with Gasteiger partial charge in [0.25, 0.3) is 0 Å². The molecule has 4 heteroatoms. The molecule has 0 aliphatic heterocycles. The Bertz CT molecular complexity index is 189. The van der Waals surface area contributed by atoms with Crippen molar-refractivity contribution >= 4 is 27.7 Å². The summed E-state index contributed by atoms with van der Waals surface area (Å²) >= 11 is 4.97. The number of aromatic nitrogens is 2. The van der Waals surface area contributed by atoms with Crippen LogP contribution in [0.3, 0.4) is 0 Å². The number of hydrogen-bond acceptors (Lipinski definition) is 2. The second-order valence-electron chi connectivity index (χ2n) is 1.56. The average Bonchev–Trinajstić information content (AvgIpc) is 2.12. The van der Waals surface area contributed by atoms with Gasteiger partial charge in [0.2, 0.25) is 0 Å². The van der Waals surface area contributed by atoms with E-state index in [1.54, 1.807) is 16.4 Å². The van der Waals surface area contributed by atoms with Crippen molar-refractivity contribution in [1.29, 1.82) is 0 Å². The normalized spacial score (nSPS) is 10.1. The molecule has 0 spiro atoms. The van der Waals surface area contributed by atoms with Crippen LogP contribution in [0.5, 0.6) is 0 Å². The Balaban J connectivity index is 3.07. The maximum Gasteiger partial charge on any atom is 0.129 e. The molecule has 0 aromatic carbocycles. The molecular formula is C5H6BrN2S. The minimum absolute atomic E-state index is 0.942. The van der Waals surface area contributed by atoms with Gasteiger partial charge in [0.15, 0.2) is 0 Å². The molecule has 0 fully saturated rings. The van der Waals surface area contributed by atoms with Crippen LogP contribution in [0.15, 0.2) is 9.50 Å². The molecule has 0 saturated carbocycles. The zero-order valence-corrected chi connectivity index (χ0v) is 7.58. The van der Waals surface area contributed by atoms with E-state index >= 15 is 0 Å². The van der Waals surface area contributed by atoms with Crippen LogP contribution in [-0.2, 0) is 7.05 Å². The van der Waals surface area contributed by atoms with E-state index in [1.165, 1.54) is 0 Å². The summed E-state index contributed by atoms with van der Waals surface area (Å²) in [5.41, 5.74) is 0. The molecule has 1 heterocycles. The van der Waals surface area contributed by atoms with Crippen LogP contribution in [0.2, 0.25) is 0 Å². The van der Waals surface area contributed by atoms with Gasteiger partial charge in [0.1, 0.15) is 11.2 Å². The molecule has 1 rings (SSSR count). The first-order valence-electron chi connectivity index (χ1n) is 2.40. The van der Waals surface area contributed by atoms with E-state index < -0.39 is 0 Å². The Labute approximate surface area is 66.8 Å². The van der Waals surface area contributed by atoms with E-state index in [0.29, 0.717) is 0 Å². The predicted octanol–water partition coefficient (Wildman–Crippen LogP) is 1.70. The maximum absolute atomic E-state index is 3.91. The topological polar surface area (TPSA) is 17.8 Å². The fourth-order valence-corrected chi connectivity index (χ4v) is 1.93. The molecule has 2 nitrogen and oxygen atoms in total. The number of thioether (sulfide) groups is 1. The van der Waals surface area contributed by atoms with Gasteiger partial charge in [-0.15, -0.1) is 11.8 Å². The first-order valence-corrected chi connectivity index (χ1v) is 4.41. The standard InChI is InChI=1S/C5H6BrN2S/c1-8-5(9-2)4(6)3-7-8/h1-2H3. The summed E-state index contributed by atoms with van der Waals surface area (Å²) in [5.74, 6) is 0. The maximum atomic E-state index is 3.91. The second kappa shape index (κ2) is 2.75. The van der Waals surface area contributed by atoms with E-state index in [0.717, 1.165) is 9.50 Å². The summed E-state index contributed by atoms with van der Waals surface area (Å²) in [5, 5.41) is 5.02. The molecule has 0 N–H and O–H groups in total. The van der Waals surface area contributed by atoms with E-state index in [1.807, 2.05) is 13.3 Å². The molecule has 49 valence electrons. The lowest BCUT2D eigenvalue weighted by atomic mass is 10.7. The third kappa shape index (κ3) is 1.30. The zero-order valence-electron chi connectivity index (χ0n) is 5.18. The van der Waals surface area contributed by atoms with Crippen LogP contribution in [0, 0.1) is 6.20 Å². The Morgan fingerprint density at radius 3 is 2.67 bits per heavy atom. The van der Waals surface area contributed by atoms with Gasteiger partial charge < -0.3 is 0 Å². The summed E-state index contributed by atoms with van der Waals surface area (Å²) in [4.78, 5) is 0. The lowest BCUT2D eigenvalue weighted by molar-refractivity contribution is 0.696. The number of halogens is 1. The second-order valence-corrected chi connectivity index (χ2v) is 3.15. The van der Waals surface area contributed by atoms with Gasteiger partial charge >= 0.3 is 0 Å². The summed E-state index contributed by atoms with van der Waals surface area (Å²) in [6.45, 7) is 0. The number of hydrogen-bond donors (Lipinski definition) is 0. The molecular weight excluding hydrogens is 200 g/mol. The largest absolute Gasteiger partial charge is 0.260 e. The number of aryl methyl sites for hydroxylation is 1. The summed E-state index contributed by atoms with van der Waals surface area (Å²) < 4.78 is 2.73. The number of rotatable bonds is 1. The molecule has 0 saturated heterocycles. The minimum atomic E-state index is 0.942. The van der Waals surface area contributed by atoms with E-state index in [9.17, 15) is 0 Å². The molecule has 0 amide bonds. The highest BCUT2D eigenvalue weighted by molar-refractivity contribution is 9.10. The van der Waals surface area contributed by atoms with Crippen LogP contribution >= 0.6 is 27.7 Å². The van der Waals surface area contributed by atoms with Crippen molar-refractivity contribution in [2.45, 2.75) is 5.03 Å². The van der Waals surface area contributed by atoms with Crippen molar-refractivity contribution in [2.24, 2.45) is 7.05 Å². The zero-order chi connectivity index (χ0) is 6.85. The first kappa shape index (κ1) is 7.15. The van der Waals surface area contributed by atoms with E-state index in [-0.39, 0.29) is 0 Å². The van der Waals surface area contributed by atoms with Gasteiger partial charge in [-0.1, -0.05) is 0 Å². The lowest BCUT2D eigenvalue weighted by Crippen LogP contribution is -1.90. The average molecular weight is 206 g/mol. The molecule has 9 heavy (non-hydrogen) atoms.